The van der Waals surface area contributed by atoms with Crippen LogP contribution in [0.5, 0.6) is 0 Å². The summed E-state index contributed by atoms with van der Waals surface area (Å²) in [6.07, 6.45) is 5.94. The van der Waals surface area contributed by atoms with Gasteiger partial charge in [-0.3, -0.25) is 4.79 Å². The Hall–Kier alpha value is -1.58. The fourth-order valence-corrected chi connectivity index (χ4v) is 2.17. The molecular formula is C14H21N3O. The number of aryl methyl sites for hydroxylation is 1. The molecule has 18 heavy (non-hydrogen) atoms. The fraction of sp³-hybridized carbons (Fsp3) is 0.571. The molecule has 4 nitrogen and oxygen atoms in total. The van der Waals surface area contributed by atoms with E-state index in [4.69, 9.17) is 0 Å². The van der Waals surface area contributed by atoms with Crippen LogP contribution in [-0.4, -0.2) is 35.4 Å². The number of hydrogen-bond acceptors (Lipinski definition) is 3. The highest BCUT2D eigenvalue weighted by Crippen LogP contribution is 2.10. The lowest BCUT2D eigenvalue weighted by molar-refractivity contribution is -0.131. The zero-order chi connectivity index (χ0) is 12.8. The molecule has 1 aromatic heterocycles. The predicted molar refractivity (Wildman–Crippen MR) is 72.5 cm³/mol. The molecule has 0 unspecified atom stereocenters. The van der Waals surface area contributed by atoms with Crippen LogP contribution in [0.25, 0.3) is 0 Å². The van der Waals surface area contributed by atoms with Gasteiger partial charge in [-0.2, -0.15) is 0 Å². The van der Waals surface area contributed by atoms with Gasteiger partial charge in [-0.1, -0.05) is 6.07 Å². The Kier molecular flexibility index (Phi) is 4.56. The van der Waals surface area contributed by atoms with Gasteiger partial charge in [0.05, 0.1) is 0 Å². The lowest BCUT2D eigenvalue weighted by atomic mass is 10.1. The van der Waals surface area contributed by atoms with E-state index in [1.54, 1.807) is 0 Å². The second kappa shape index (κ2) is 6.38. The summed E-state index contributed by atoms with van der Waals surface area (Å²) < 4.78 is 0. The largest absolute Gasteiger partial charge is 0.370 e. The molecule has 2 rings (SSSR count). The second-order valence-electron chi connectivity index (χ2n) is 4.84. The van der Waals surface area contributed by atoms with E-state index in [1.165, 1.54) is 6.42 Å². The number of piperidine rings is 1. The van der Waals surface area contributed by atoms with E-state index >= 15 is 0 Å². The van der Waals surface area contributed by atoms with E-state index in [-0.39, 0.29) is 5.91 Å². The van der Waals surface area contributed by atoms with E-state index < -0.39 is 0 Å². The Balaban J connectivity index is 1.71. The number of likely N-dealkylation sites (tertiary alicyclic amines) is 1. The molecule has 1 N–H and O–H groups in total. The normalized spacial score (nSPS) is 15.5. The molecule has 0 aliphatic carbocycles. The third-order valence-corrected chi connectivity index (χ3v) is 3.27. The van der Waals surface area contributed by atoms with Crippen molar-refractivity contribution in [3.63, 3.8) is 0 Å². The maximum atomic E-state index is 11.9. The molecule has 1 saturated heterocycles. The van der Waals surface area contributed by atoms with Crippen molar-refractivity contribution in [3.05, 3.63) is 23.9 Å². The van der Waals surface area contributed by atoms with Crippen LogP contribution in [0.3, 0.4) is 0 Å². The molecule has 0 radical (unpaired) electrons. The van der Waals surface area contributed by atoms with Crippen LogP contribution in [0, 0.1) is 6.92 Å². The number of amides is 1. The molecule has 0 spiro atoms. The van der Waals surface area contributed by atoms with Gasteiger partial charge in [-0.25, -0.2) is 4.98 Å². The van der Waals surface area contributed by atoms with Gasteiger partial charge >= 0.3 is 0 Å². The van der Waals surface area contributed by atoms with Gasteiger partial charge in [0.2, 0.25) is 5.91 Å². The summed E-state index contributed by atoms with van der Waals surface area (Å²) in [5.74, 6) is 1.10. The summed E-state index contributed by atoms with van der Waals surface area (Å²) in [5.41, 5.74) is 1.14. The molecule has 1 aliphatic rings. The lowest BCUT2D eigenvalue weighted by Gasteiger charge is -2.26. The third kappa shape index (κ3) is 3.72. The molecule has 1 aliphatic heterocycles. The van der Waals surface area contributed by atoms with Gasteiger partial charge < -0.3 is 10.2 Å². The Labute approximate surface area is 108 Å². The first-order chi connectivity index (χ1) is 8.75. The van der Waals surface area contributed by atoms with Crippen molar-refractivity contribution < 1.29 is 4.79 Å². The number of carbonyl (C=O) groups excluding carboxylic acids is 1. The van der Waals surface area contributed by atoms with Crippen molar-refractivity contribution in [1.29, 1.82) is 0 Å². The summed E-state index contributed by atoms with van der Waals surface area (Å²) >= 11 is 0. The average Bonchev–Trinajstić information content (AvgIpc) is 2.42. The van der Waals surface area contributed by atoms with Crippen LogP contribution in [0.2, 0.25) is 0 Å². The van der Waals surface area contributed by atoms with Gasteiger partial charge in [0.25, 0.3) is 0 Å². The van der Waals surface area contributed by atoms with Crippen molar-refractivity contribution in [3.8, 4) is 0 Å². The van der Waals surface area contributed by atoms with Crippen LogP contribution in [0.4, 0.5) is 5.82 Å². The number of nitrogens with zero attached hydrogens (tertiary/aromatic N) is 2. The van der Waals surface area contributed by atoms with Crippen LogP contribution in [-0.2, 0) is 4.79 Å². The Morgan fingerprint density at radius 2 is 2.11 bits per heavy atom. The van der Waals surface area contributed by atoms with Gasteiger partial charge in [0.15, 0.2) is 0 Å². The zero-order valence-corrected chi connectivity index (χ0v) is 11.0. The first-order valence-electron chi connectivity index (χ1n) is 6.70. The van der Waals surface area contributed by atoms with E-state index in [0.717, 1.165) is 37.3 Å². The molecule has 98 valence electrons. The number of rotatable bonds is 4. The molecule has 0 atom stereocenters. The summed E-state index contributed by atoms with van der Waals surface area (Å²) in [7, 11) is 0. The van der Waals surface area contributed by atoms with E-state index in [0.29, 0.717) is 13.0 Å². The highest BCUT2D eigenvalue weighted by atomic mass is 16.2. The number of carbonyl (C=O) groups is 1. The second-order valence-corrected chi connectivity index (χ2v) is 4.84. The molecule has 0 aromatic carbocycles. The van der Waals surface area contributed by atoms with Gasteiger partial charge in [-0.05, 0) is 37.8 Å². The van der Waals surface area contributed by atoms with Gasteiger partial charge in [0, 0.05) is 32.3 Å². The highest BCUT2D eigenvalue weighted by Gasteiger charge is 2.15. The Morgan fingerprint density at radius 1 is 1.33 bits per heavy atom. The van der Waals surface area contributed by atoms with E-state index in [2.05, 4.69) is 10.3 Å². The number of aromatic nitrogens is 1. The zero-order valence-electron chi connectivity index (χ0n) is 11.0. The molecular weight excluding hydrogens is 226 g/mol. The Morgan fingerprint density at radius 3 is 2.78 bits per heavy atom. The minimum absolute atomic E-state index is 0.259. The van der Waals surface area contributed by atoms with Crippen molar-refractivity contribution in [2.75, 3.05) is 25.0 Å². The van der Waals surface area contributed by atoms with Crippen molar-refractivity contribution >= 4 is 11.7 Å². The number of nitrogens with one attached hydrogen (secondary N) is 1. The van der Waals surface area contributed by atoms with E-state index in [1.807, 2.05) is 30.2 Å². The number of pyridine rings is 1. The lowest BCUT2D eigenvalue weighted by Crippen LogP contribution is -2.36. The van der Waals surface area contributed by atoms with Crippen molar-refractivity contribution in [2.45, 2.75) is 32.6 Å². The van der Waals surface area contributed by atoms with Gasteiger partial charge in [0.1, 0.15) is 5.82 Å². The summed E-state index contributed by atoms with van der Waals surface area (Å²) in [4.78, 5) is 18.1. The molecule has 1 fully saturated rings. The topological polar surface area (TPSA) is 45.2 Å². The fourth-order valence-electron chi connectivity index (χ4n) is 2.17. The summed E-state index contributed by atoms with van der Waals surface area (Å²) in [5, 5.41) is 3.18. The smallest absolute Gasteiger partial charge is 0.224 e. The predicted octanol–water partition coefficient (Wildman–Crippen LogP) is 2.20. The molecule has 4 heteroatoms. The third-order valence-electron chi connectivity index (χ3n) is 3.27. The number of anilines is 1. The Bertz CT molecular complexity index is 383. The quantitative estimate of drug-likeness (QED) is 0.887. The SMILES string of the molecule is Cc1ccc(NCCC(=O)N2CCCCC2)nc1. The van der Waals surface area contributed by atoms with Crippen LogP contribution in [0.15, 0.2) is 18.3 Å². The monoisotopic (exact) mass is 247 g/mol. The molecule has 1 aromatic rings. The van der Waals surface area contributed by atoms with Crippen LogP contribution < -0.4 is 5.32 Å². The minimum atomic E-state index is 0.259. The molecule has 2 heterocycles. The van der Waals surface area contributed by atoms with Gasteiger partial charge in [-0.15, -0.1) is 0 Å². The molecule has 0 saturated carbocycles. The summed E-state index contributed by atoms with van der Waals surface area (Å²) in [6.45, 7) is 4.53. The molecule has 1 amide bonds. The highest BCUT2D eigenvalue weighted by molar-refractivity contribution is 5.76. The maximum absolute atomic E-state index is 11.9. The summed E-state index contributed by atoms with van der Waals surface area (Å²) in [6, 6.07) is 3.96. The average molecular weight is 247 g/mol. The first kappa shape index (κ1) is 12.9. The minimum Gasteiger partial charge on any atom is -0.370 e. The maximum Gasteiger partial charge on any atom is 0.224 e. The van der Waals surface area contributed by atoms with Crippen LogP contribution in [0.1, 0.15) is 31.2 Å². The van der Waals surface area contributed by atoms with Crippen LogP contribution >= 0.6 is 0 Å². The molecule has 0 bridgehead atoms. The first-order valence-corrected chi connectivity index (χ1v) is 6.70. The van der Waals surface area contributed by atoms with E-state index in [9.17, 15) is 4.79 Å². The standard InChI is InChI=1S/C14H21N3O/c1-12-5-6-13(16-11-12)15-8-7-14(18)17-9-3-2-4-10-17/h5-6,11H,2-4,7-10H2,1H3,(H,15,16). The number of hydrogen-bond donors (Lipinski definition) is 1. The van der Waals surface area contributed by atoms with Crippen molar-refractivity contribution in [1.82, 2.24) is 9.88 Å². The van der Waals surface area contributed by atoms with Crippen molar-refractivity contribution in [2.24, 2.45) is 0 Å².